The van der Waals surface area contributed by atoms with E-state index in [2.05, 4.69) is 20.9 Å². The van der Waals surface area contributed by atoms with Gasteiger partial charge in [-0.25, -0.2) is 10.2 Å². The molecule has 1 aromatic rings. The van der Waals surface area contributed by atoms with E-state index in [-0.39, 0.29) is 25.4 Å². The zero-order valence-corrected chi connectivity index (χ0v) is 13.4. The molecule has 24 heavy (non-hydrogen) atoms. The molecule has 1 aliphatic heterocycles. The SMILES string of the molecule is O=C(Nc1cn[nH]c1[N+](=O)NC1CCC(O)CC1)N1CCOCC1.[HH]. The standard InChI is InChI=1S/C14H22N6O4.H2/c21-11-3-1-10(2-4-11)18-20(23)13-12(9-15-17-13)16-14(22)19-5-7-24-8-6-19;/h9-11,21H,1-8H2,(H2-,15,16,17,18,22,23);1H/p+1. The van der Waals surface area contributed by atoms with Gasteiger partial charge in [0.05, 0.1) is 30.2 Å². The maximum absolute atomic E-state index is 12.3. The molecule has 3 rings (SSSR count). The minimum absolute atomic E-state index is 0. The average molecular weight is 341 g/mol. The van der Waals surface area contributed by atoms with Crippen molar-refractivity contribution in [2.75, 3.05) is 31.6 Å². The van der Waals surface area contributed by atoms with E-state index in [1.54, 1.807) is 4.90 Å². The summed E-state index contributed by atoms with van der Waals surface area (Å²) in [6, 6.07) is -0.285. The first kappa shape index (κ1) is 16.7. The van der Waals surface area contributed by atoms with Crippen LogP contribution in [0.25, 0.3) is 0 Å². The molecule has 1 saturated heterocycles. The summed E-state index contributed by atoms with van der Waals surface area (Å²) in [5.41, 5.74) is 3.17. The van der Waals surface area contributed by atoms with E-state index in [0.717, 1.165) is 12.8 Å². The summed E-state index contributed by atoms with van der Waals surface area (Å²) in [5, 5.41) is 18.7. The highest BCUT2D eigenvalue weighted by Crippen LogP contribution is 2.23. The third-order valence-electron chi connectivity index (χ3n) is 4.36. The van der Waals surface area contributed by atoms with Gasteiger partial charge < -0.3 is 14.7 Å². The van der Waals surface area contributed by atoms with Crippen LogP contribution in [0.5, 0.6) is 0 Å². The molecule has 134 valence electrons. The molecule has 2 amide bonds. The second-order valence-corrected chi connectivity index (χ2v) is 6.09. The number of hydrogen-bond acceptors (Lipinski definition) is 5. The van der Waals surface area contributed by atoms with Crippen molar-refractivity contribution in [2.45, 2.75) is 37.8 Å². The molecule has 0 unspecified atom stereocenters. The molecule has 4 N–H and O–H groups in total. The number of urea groups is 1. The number of ether oxygens (including phenoxy) is 1. The summed E-state index contributed by atoms with van der Waals surface area (Å²) < 4.78 is 5.21. The van der Waals surface area contributed by atoms with Crippen LogP contribution in [0, 0.1) is 4.91 Å². The van der Waals surface area contributed by atoms with Gasteiger partial charge >= 0.3 is 11.8 Å². The van der Waals surface area contributed by atoms with Gasteiger partial charge in [0.25, 0.3) is 0 Å². The summed E-state index contributed by atoms with van der Waals surface area (Å²) in [7, 11) is 0. The highest BCUT2D eigenvalue weighted by atomic mass is 16.5. The molecule has 1 saturated carbocycles. The molecule has 2 aliphatic rings. The van der Waals surface area contributed by atoms with Gasteiger partial charge in [-0.3, -0.25) is 5.32 Å². The number of carbonyl (C=O) groups is 1. The molecule has 0 radical (unpaired) electrons. The van der Waals surface area contributed by atoms with Crippen molar-refractivity contribution >= 4 is 17.5 Å². The fraction of sp³-hybridized carbons (Fsp3) is 0.714. The Morgan fingerprint density at radius 3 is 2.79 bits per heavy atom. The van der Waals surface area contributed by atoms with Crippen LogP contribution in [0.3, 0.4) is 0 Å². The van der Waals surface area contributed by atoms with E-state index >= 15 is 0 Å². The number of aliphatic hydroxyl groups excluding tert-OH is 1. The van der Waals surface area contributed by atoms with Crippen LogP contribution in [0.4, 0.5) is 16.3 Å². The van der Waals surface area contributed by atoms with Gasteiger partial charge in [0, 0.05) is 14.5 Å². The molecule has 10 heteroatoms. The molecule has 0 aromatic carbocycles. The molecule has 2 fully saturated rings. The summed E-state index contributed by atoms with van der Waals surface area (Å²) >= 11 is 0. The molecular weight excluding hydrogens is 316 g/mol. The van der Waals surface area contributed by atoms with E-state index in [1.807, 2.05) is 0 Å². The van der Waals surface area contributed by atoms with Crippen molar-refractivity contribution < 1.29 is 20.9 Å². The number of morpholine rings is 1. The molecule has 1 aliphatic carbocycles. The van der Waals surface area contributed by atoms with Crippen LogP contribution < -0.4 is 10.7 Å². The lowest BCUT2D eigenvalue weighted by Gasteiger charge is -2.26. The predicted octanol–water partition coefficient (Wildman–Crippen LogP) is 0.738. The second-order valence-electron chi connectivity index (χ2n) is 6.09. The van der Waals surface area contributed by atoms with E-state index in [4.69, 9.17) is 4.74 Å². The van der Waals surface area contributed by atoms with Crippen LogP contribution in [-0.4, -0.2) is 69.6 Å². The van der Waals surface area contributed by atoms with Crippen LogP contribution in [0.1, 0.15) is 27.1 Å². The minimum Gasteiger partial charge on any atom is -0.393 e. The minimum atomic E-state index is -0.282. The van der Waals surface area contributed by atoms with E-state index < -0.39 is 0 Å². The summed E-state index contributed by atoms with van der Waals surface area (Å²) in [5.74, 6) is 0.155. The van der Waals surface area contributed by atoms with Gasteiger partial charge in [-0.15, -0.1) is 5.10 Å². The first-order valence-corrected chi connectivity index (χ1v) is 8.22. The van der Waals surface area contributed by atoms with Crippen molar-refractivity contribution in [3.8, 4) is 0 Å². The Hall–Kier alpha value is -2.20. The molecular formula is C14H25N6O4+. The lowest BCUT2D eigenvalue weighted by molar-refractivity contribution is -0.539. The highest BCUT2D eigenvalue weighted by molar-refractivity contribution is 5.91. The Kier molecular flexibility index (Phi) is 5.26. The monoisotopic (exact) mass is 341 g/mol. The number of aromatic nitrogens is 2. The molecule has 10 nitrogen and oxygen atoms in total. The number of amides is 2. The van der Waals surface area contributed by atoms with Crippen LogP contribution in [-0.2, 0) is 4.74 Å². The second kappa shape index (κ2) is 7.58. The van der Waals surface area contributed by atoms with Gasteiger partial charge in [-0.1, -0.05) is 5.10 Å². The topological polar surface area (TPSA) is 123 Å². The maximum Gasteiger partial charge on any atom is 0.391 e. The fourth-order valence-corrected chi connectivity index (χ4v) is 2.92. The van der Waals surface area contributed by atoms with Gasteiger partial charge in [0.2, 0.25) is 0 Å². The van der Waals surface area contributed by atoms with Crippen molar-refractivity contribution in [3.63, 3.8) is 0 Å². The number of H-pyrrole nitrogens is 1. The van der Waals surface area contributed by atoms with Crippen LogP contribution >= 0.6 is 0 Å². The molecule has 0 spiro atoms. The van der Waals surface area contributed by atoms with Crippen LogP contribution in [0.2, 0.25) is 0 Å². The first-order chi connectivity index (χ1) is 11.6. The number of aromatic amines is 1. The normalized spacial score (nSPS) is 24.5. The van der Waals surface area contributed by atoms with Crippen molar-refractivity contribution in [2.24, 2.45) is 0 Å². The van der Waals surface area contributed by atoms with E-state index in [0.29, 0.717) is 49.7 Å². The highest BCUT2D eigenvalue weighted by Gasteiger charge is 2.28. The predicted molar refractivity (Wildman–Crippen MR) is 86.8 cm³/mol. The first-order valence-electron chi connectivity index (χ1n) is 8.22. The van der Waals surface area contributed by atoms with Gasteiger partial charge in [0.15, 0.2) is 5.69 Å². The Labute approximate surface area is 140 Å². The number of hydrogen-bond donors (Lipinski definition) is 4. The van der Waals surface area contributed by atoms with Gasteiger partial charge in [-0.2, -0.15) is 0 Å². The summed E-state index contributed by atoms with van der Waals surface area (Å²) in [6.07, 6.45) is 3.93. The van der Waals surface area contributed by atoms with Crippen molar-refractivity contribution in [3.05, 3.63) is 11.1 Å². The third kappa shape index (κ3) is 4.01. The molecule has 0 atom stereocenters. The number of nitroso groups, excluding NO2 is 1. The molecule has 2 heterocycles. The van der Waals surface area contributed by atoms with Crippen LogP contribution in [0.15, 0.2) is 6.20 Å². The Bertz CT molecular complexity index is 584. The number of anilines is 1. The Morgan fingerprint density at radius 1 is 1.38 bits per heavy atom. The number of nitrogens with one attached hydrogen (secondary N) is 3. The largest absolute Gasteiger partial charge is 0.393 e. The smallest absolute Gasteiger partial charge is 0.391 e. The van der Waals surface area contributed by atoms with Crippen molar-refractivity contribution in [1.82, 2.24) is 20.5 Å². The lowest BCUT2D eigenvalue weighted by Crippen LogP contribution is -2.43. The Morgan fingerprint density at radius 2 is 2.08 bits per heavy atom. The fourth-order valence-electron chi connectivity index (χ4n) is 2.92. The summed E-state index contributed by atoms with van der Waals surface area (Å²) in [4.78, 5) is 26.8. The van der Waals surface area contributed by atoms with Crippen molar-refractivity contribution in [1.29, 1.82) is 0 Å². The molecule has 1 aromatic heterocycles. The zero-order chi connectivity index (χ0) is 16.9. The van der Waals surface area contributed by atoms with E-state index in [9.17, 15) is 14.8 Å². The number of hydrazine groups is 1. The zero-order valence-electron chi connectivity index (χ0n) is 13.4. The molecule has 0 bridgehead atoms. The summed E-state index contributed by atoms with van der Waals surface area (Å²) in [6.45, 7) is 2.05. The van der Waals surface area contributed by atoms with E-state index in [1.165, 1.54) is 6.20 Å². The number of aliphatic hydroxyl groups is 1. The van der Waals surface area contributed by atoms with Gasteiger partial charge in [-0.05, 0) is 30.6 Å². The maximum atomic E-state index is 12.3. The third-order valence-corrected chi connectivity index (χ3v) is 4.36. The quantitative estimate of drug-likeness (QED) is 0.473. The Balaban J connectivity index is 0.00000225. The number of carbonyl (C=O) groups excluding carboxylic acids is 1. The average Bonchev–Trinajstić information content (AvgIpc) is 3.06. The lowest BCUT2D eigenvalue weighted by atomic mass is 9.94. The number of nitrogens with zero attached hydrogens (tertiary/aromatic N) is 3. The number of rotatable bonds is 4. The van der Waals surface area contributed by atoms with Gasteiger partial charge in [0.1, 0.15) is 6.20 Å².